The fraction of sp³-hybridized carbons (Fsp3) is 0.143. The van der Waals surface area contributed by atoms with Crippen molar-refractivity contribution in [3.63, 3.8) is 0 Å². The molecule has 108 valence electrons. The number of pyridine rings is 1. The van der Waals surface area contributed by atoms with Crippen molar-refractivity contribution in [1.29, 1.82) is 0 Å². The van der Waals surface area contributed by atoms with E-state index in [1.165, 1.54) is 18.2 Å². The zero-order valence-corrected chi connectivity index (χ0v) is 11.1. The van der Waals surface area contributed by atoms with Gasteiger partial charge in [0, 0.05) is 12.3 Å². The molecular weight excluding hydrogens is 274 g/mol. The summed E-state index contributed by atoms with van der Waals surface area (Å²) in [6, 6.07) is 11.3. The number of aromatic nitrogens is 1. The van der Waals surface area contributed by atoms with E-state index in [2.05, 4.69) is 10.3 Å². The van der Waals surface area contributed by atoms with Crippen LogP contribution in [0.25, 0.3) is 0 Å². The summed E-state index contributed by atoms with van der Waals surface area (Å²) in [5.41, 5.74) is 0.548. The first-order chi connectivity index (χ1) is 10.2. The molecule has 0 atom stereocenters. The van der Waals surface area contributed by atoms with Gasteiger partial charge in [-0.2, -0.15) is 0 Å². The van der Waals surface area contributed by atoms with Crippen molar-refractivity contribution >= 4 is 11.6 Å². The number of nitrogens with one attached hydrogen (secondary N) is 1. The number of ether oxygens (including phenoxy) is 1. The Hall–Kier alpha value is -2.96. The Kier molecular flexibility index (Phi) is 4.81. The molecule has 0 radical (unpaired) electrons. The first kappa shape index (κ1) is 14.4. The number of para-hydroxylation sites is 2. The molecule has 0 aliphatic carbocycles. The summed E-state index contributed by atoms with van der Waals surface area (Å²) in [5.74, 6) is -0.311. The van der Waals surface area contributed by atoms with Gasteiger partial charge >= 0.3 is 5.69 Å². The molecule has 1 aromatic carbocycles. The molecule has 2 rings (SSSR count). The number of hydrogen-bond donors (Lipinski definition) is 1. The molecule has 7 nitrogen and oxygen atoms in total. The summed E-state index contributed by atoms with van der Waals surface area (Å²) in [7, 11) is 0. The number of rotatable bonds is 6. The number of benzene rings is 1. The van der Waals surface area contributed by atoms with Gasteiger partial charge in [0.15, 0.2) is 12.4 Å². The van der Waals surface area contributed by atoms with Crippen molar-refractivity contribution in [2.45, 2.75) is 6.54 Å². The molecule has 0 aliphatic rings. The average Bonchev–Trinajstić information content (AvgIpc) is 2.52. The third-order valence-electron chi connectivity index (χ3n) is 2.61. The van der Waals surface area contributed by atoms with Crippen LogP contribution in [0.4, 0.5) is 5.69 Å². The van der Waals surface area contributed by atoms with Crippen LogP contribution in [0.5, 0.6) is 5.75 Å². The van der Waals surface area contributed by atoms with Crippen LogP contribution < -0.4 is 10.1 Å². The van der Waals surface area contributed by atoms with Crippen LogP contribution in [-0.2, 0) is 11.3 Å². The molecule has 21 heavy (non-hydrogen) atoms. The van der Waals surface area contributed by atoms with E-state index in [4.69, 9.17) is 4.74 Å². The highest BCUT2D eigenvalue weighted by atomic mass is 16.6. The highest BCUT2D eigenvalue weighted by Crippen LogP contribution is 2.25. The number of carbonyl (C=O) groups is 1. The molecule has 0 saturated carbocycles. The van der Waals surface area contributed by atoms with Gasteiger partial charge in [0.1, 0.15) is 0 Å². The maximum atomic E-state index is 11.6. The zero-order valence-electron chi connectivity index (χ0n) is 11.1. The zero-order chi connectivity index (χ0) is 15.1. The van der Waals surface area contributed by atoms with E-state index in [1.54, 1.807) is 24.4 Å². The predicted molar refractivity (Wildman–Crippen MR) is 74.7 cm³/mol. The van der Waals surface area contributed by atoms with Gasteiger partial charge in [0.25, 0.3) is 5.91 Å². The lowest BCUT2D eigenvalue weighted by molar-refractivity contribution is -0.385. The third-order valence-corrected chi connectivity index (χ3v) is 2.61. The number of nitro groups is 1. The van der Waals surface area contributed by atoms with E-state index in [9.17, 15) is 14.9 Å². The molecule has 7 heteroatoms. The van der Waals surface area contributed by atoms with Gasteiger partial charge < -0.3 is 10.1 Å². The van der Waals surface area contributed by atoms with E-state index in [-0.39, 0.29) is 30.5 Å². The minimum atomic E-state index is -0.554. The fourth-order valence-electron chi connectivity index (χ4n) is 1.62. The van der Waals surface area contributed by atoms with Crippen molar-refractivity contribution in [3.05, 3.63) is 64.5 Å². The largest absolute Gasteiger partial charge is 0.477 e. The smallest absolute Gasteiger partial charge is 0.310 e. The molecule has 1 amide bonds. The highest BCUT2D eigenvalue weighted by Gasteiger charge is 2.14. The van der Waals surface area contributed by atoms with Crippen molar-refractivity contribution in [2.24, 2.45) is 0 Å². The number of nitro benzene ring substituents is 1. The van der Waals surface area contributed by atoms with Gasteiger partial charge in [-0.05, 0) is 18.2 Å². The molecule has 1 N–H and O–H groups in total. The van der Waals surface area contributed by atoms with E-state index in [0.29, 0.717) is 0 Å². The van der Waals surface area contributed by atoms with Crippen LogP contribution in [0.15, 0.2) is 48.7 Å². The summed E-state index contributed by atoms with van der Waals surface area (Å²) in [4.78, 5) is 25.9. The lowest BCUT2D eigenvalue weighted by Gasteiger charge is -2.07. The topological polar surface area (TPSA) is 94.4 Å². The van der Waals surface area contributed by atoms with Crippen molar-refractivity contribution in [3.8, 4) is 5.75 Å². The second-order valence-corrected chi connectivity index (χ2v) is 4.11. The SMILES string of the molecule is O=C(COc1ccccc1[N+](=O)[O-])NCc1ccccn1. The van der Waals surface area contributed by atoms with Crippen LogP contribution in [0.2, 0.25) is 0 Å². The summed E-state index contributed by atoms with van der Waals surface area (Å²) in [6.45, 7) is -0.0163. The maximum Gasteiger partial charge on any atom is 0.310 e. The molecule has 0 saturated heterocycles. The first-order valence-corrected chi connectivity index (χ1v) is 6.19. The Bertz CT molecular complexity index is 631. The van der Waals surface area contributed by atoms with Gasteiger partial charge in [-0.25, -0.2) is 0 Å². The summed E-state index contributed by atoms with van der Waals surface area (Å²) < 4.78 is 5.17. The quantitative estimate of drug-likeness (QED) is 0.644. The van der Waals surface area contributed by atoms with Gasteiger partial charge in [0.05, 0.1) is 17.2 Å². The average molecular weight is 287 g/mol. The Morgan fingerprint density at radius 2 is 2.00 bits per heavy atom. The van der Waals surface area contributed by atoms with Crippen molar-refractivity contribution in [1.82, 2.24) is 10.3 Å². The number of carbonyl (C=O) groups excluding carboxylic acids is 1. The summed E-state index contributed by atoms with van der Waals surface area (Å²) in [5, 5.41) is 13.4. The molecular formula is C14H13N3O4. The van der Waals surface area contributed by atoms with Gasteiger partial charge in [-0.15, -0.1) is 0 Å². The first-order valence-electron chi connectivity index (χ1n) is 6.19. The summed E-state index contributed by atoms with van der Waals surface area (Å²) >= 11 is 0. The molecule has 1 aromatic heterocycles. The van der Waals surface area contributed by atoms with Gasteiger partial charge in [-0.1, -0.05) is 18.2 Å². The van der Waals surface area contributed by atoms with E-state index in [0.717, 1.165) is 5.69 Å². The van der Waals surface area contributed by atoms with Crippen LogP contribution in [0.3, 0.4) is 0 Å². The fourth-order valence-corrected chi connectivity index (χ4v) is 1.62. The molecule has 0 bridgehead atoms. The minimum Gasteiger partial charge on any atom is -0.477 e. The van der Waals surface area contributed by atoms with Crippen LogP contribution in [0, 0.1) is 10.1 Å². The monoisotopic (exact) mass is 287 g/mol. The Morgan fingerprint density at radius 3 is 2.71 bits per heavy atom. The second-order valence-electron chi connectivity index (χ2n) is 4.11. The molecule has 0 spiro atoms. The number of hydrogen-bond acceptors (Lipinski definition) is 5. The minimum absolute atomic E-state index is 0.0653. The molecule has 1 heterocycles. The van der Waals surface area contributed by atoms with Crippen LogP contribution >= 0.6 is 0 Å². The Balaban J connectivity index is 1.86. The Labute approximate surface area is 120 Å². The second kappa shape index (κ2) is 6.99. The molecule has 2 aromatic rings. The van der Waals surface area contributed by atoms with Gasteiger partial charge in [0.2, 0.25) is 0 Å². The Morgan fingerprint density at radius 1 is 1.24 bits per heavy atom. The number of amides is 1. The molecule has 0 unspecified atom stereocenters. The maximum absolute atomic E-state index is 11.6. The van der Waals surface area contributed by atoms with E-state index < -0.39 is 4.92 Å². The number of nitrogens with zero attached hydrogens (tertiary/aromatic N) is 2. The lowest BCUT2D eigenvalue weighted by Crippen LogP contribution is -2.28. The lowest BCUT2D eigenvalue weighted by atomic mass is 10.3. The summed E-state index contributed by atoms with van der Waals surface area (Å²) in [6.07, 6.45) is 1.63. The van der Waals surface area contributed by atoms with Crippen molar-refractivity contribution in [2.75, 3.05) is 6.61 Å². The van der Waals surface area contributed by atoms with E-state index >= 15 is 0 Å². The van der Waals surface area contributed by atoms with Gasteiger partial charge in [-0.3, -0.25) is 19.9 Å². The van der Waals surface area contributed by atoms with Crippen LogP contribution in [0.1, 0.15) is 5.69 Å². The highest BCUT2D eigenvalue weighted by molar-refractivity contribution is 5.77. The molecule has 0 fully saturated rings. The van der Waals surface area contributed by atoms with Crippen LogP contribution in [-0.4, -0.2) is 22.4 Å². The third kappa shape index (κ3) is 4.27. The van der Waals surface area contributed by atoms with Crippen molar-refractivity contribution < 1.29 is 14.5 Å². The van der Waals surface area contributed by atoms with E-state index in [1.807, 2.05) is 6.07 Å². The normalized spacial score (nSPS) is 9.90. The standard InChI is InChI=1S/C14H13N3O4/c18-14(16-9-11-5-3-4-8-15-11)10-21-13-7-2-1-6-12(13)17(19)20/h1-8H,9-10H2,(H,16,18). The predicted octanol–water partition coefficient (Wildman–Crippen LogP) is 1.68. The molecule has 0 aliphatic heterocycles.